The monoisotopic (exact) mass is 2090 g/mol. The van der Waals surface area contributed by atoms with Gasteiger partial charge in [0.05, 0.1) is 83.3 Å². The van der Waals surface area contributed by atoms with Gasteiger partial charge in [-0.05, 0) is 26.2 Å². The maximum absolute atomic E-state index is 14.2. The lowest BCUT2D eigenvalue weighted by Gasteiger charge is -2.53. The third kappa shape index (κ3) is 35.3. The Labute approximate surface area is 838 Å². The Morgan fingerprint density at radius 3 is 1.22 bits per heavy atom. The van der Waals surface area contributed by atoms with E-state index in [1.807, 2.05) is 0 Å². The van der Waals surface area contributed by atoms with Crippen LogP contribution in [0.25, 0.3) is 0 Å². The summed E-state index contributed by atoms with van der Waals surface area (Å²) in [5.41, 5.74) is 0. The van der Waals surface area contributed by atoms with Crippen LogP contribution in [0.5, 0.6) is 0 Å². The first-order valence-electron chi connectivity index (χ1n) is 51.5. The normalized spacial score (nSPS) is 38.4. The van der Waals surface area contributed by atoms with Crippen molar-refractivity contribution >= 4 is 29.6 Å². The predicted octanol–water partition coefficient (Wildman–Crippen LogP) is -5.62. The van der Waals surface area contributed by atoms with Crippen molar-refractivity contribution in [2.24, 2.45) is 0 Å². The average molecular weight is 2090 g/mol. The molecule has 0 spiro atoms. The van der Waals surface area contributed by atoms with Crippen LogP contribution in [0.4, 0.5) is 0 Å². The third-order valence-corrected chi connectivity index (χ3v) is 27.8. The summed E-state index contributed by atoms with van der Waals surface area (Å²) in [4.78, 5) is 67.9. The molecule has 8 rings (SSSR count). The lowest BCUT2D eigenvalue weighted by Crippen LogP contribution is -2.72. The maximum atomic E-state index is 14.2. The minimum absolute atomic E-state index is 0.0860. The van der Waals surface area contributed by atoms with Gasteiger partial charge in [-0.25, -0.2) is 4.79 Å². The van der Waals surface area contributed by atoms with Crippen LogP contribution < -0.4 is 21.3 Å². The fourth-order valence-electron chi connectivity index (χ4n) is 19.5. The van der Waals surface area contributed by atoms with Crippen LogP contribution >= 0.6 is 0 Å². The number of hydrogen-bond donors (Lipinski definition) is 28. The molecule has 838 valence electrons. The van der Waals surface area contributed by atoms with Gasteiger partial charge < -0.3 is 220 Å². The molecule has 43 atom stereocenters. The number of amides is 4. The van der Waals surface area contributed by atoms with Gasteiger partial charge in [0.1, 0.15) is 183 Å². The van der Waals surface area contributed by atoms with Crippen LogP contribution in [0.2, 0.25) is 0 Å². The molecule has 49 nitrogen and oxygen atoms in total. The highest BCUT2D eigenvalue weighted by Gasteiger charge is 2.64. The standard InChI is InChI=1S/C95H168N4O45/c1-7-9-11-13-15-17-19-21-22-23-24-26-28-30-32-34-36-38-62(113)99-52(53(110)37-35-33-31-29-27-25-20-18-16-14-12-10-8-2)47-129-89-76(124)73(121)79(59(44-104)135-89)137-93-78(126)86(144-95(94(127)128)39-54(111)63(96-49(4)107)83(143-95)67(115)55(112)40-100)81(61(46-106)136-93)138-87-64(97-50(5)108)82(69(117)57(42-102)131-87)140-92-77(125)85(70(118)58(43-103)133-92)142-88-65(98-51(6)109)84(141-90-74(122)71(119)66(114)48(3)130-90)80(60(45-105)134-88)139-91-75(123)72(120)68(116)56(41-101)132-91/h35,37,48,52-61,63-93,100-106,110-112,114-126H,7-34,36,38-47H2,1-6H3,(H,96,107)(H,97,108)(H,98,109)(H,99,113)(H,127,128)/b37-35+/t48?,52-,53+,54?,55+,56?,57?,58?,59?,60?,61?,63+,64?,65?,66+,67+,68-,69-,70-,71?,72-,73+,74-,75?,76?,77?,78?,79+,80+,81-,82+,83?,84+,85-,86+,87-,88-,89+,90+,91-,92-,93-,95-/m0/s1. The molecule has 8 aliphatic rings. The second-order valence-electron chi connectivity index (χ2n) is 39.1. The number of nitrogens with one attached hydrogen (secondary N) is 4. The predicted molar refractivity (Wildman–Crippen MR) is 496 cm³/mol. The summed E-state index contributed by atoms with van der Waals surface area (Å²) < 4.78 is 97.9. The van der Waals surface area contributed by atoms with Crippen LogP contribution in [0.15, 0.2) is 12.2 Å². The molecular weight excluding hydrogens is 1920 g/mol. The summed E-state index contributed by atoms with van der Waals surface area (Å²) in [6.45, 7) is -0.612. The first-order valence-corrected chi connectivity index (χ1v) is 51.5. The maximum Gasteiger partial charge on any atom is 0.364 e. The molecule has 0 aromatic carbocycles. The van der Waals surface area contributed by atoms with E-state index in [0.717, 1.165) is 85.0 Å². The van der Waals surface area contributed by atoms with E-state index in [0.29, 0.717) is 12.8 Å². The zero-order valence-corrected chi connectivity index (χ0v) is 83.3. The van der Waals surface area contributed by atoms with Gasteiger partial charge in [0, 0.05) is 33.6 Å². The number of hydrogen-bond acceptors (Lipinski definition) is 44. The molecular formula is C95H168N4O45. The van der Waals surface area contributed by atoms with E-state index in [4.69, 9.17) is 75.8 Å². The quantitative estimate of drug-likeness (QED) is 0.0199. The minimum Gasteiger partial charge on any atom is -0.477 e. The largest absolute Gasteiger partial charge is 0.477 e. The van der Waals surface area contributed by atoms with Crippen molar-refractivity contribution < 1.29 is 222 Å². The topological polar surface area (TPSA) is 767 Å². The van der Waals surface area contributed by atoms with Gasteiger partial charge in [-0.1, -0.05) is 193 Å². The zero-order valence-electron chi connectivity index (χ0n) is 83.3. The Hall–Kier alpha value is -4.47. The summed E-state index contributed by atoms with van der Waals surface area (Å²) in [7, 11) is 0. The van der Waals surface area contributed by atoms with E-state index < -0.39 is 352 Å². The number of aliphatic carboxylic acids is 1. The molecule has 4 amide bonds. The summed E-state index contributed by atoms with van der Waals surface area (Å²) in [6, 6.07) is -7.23. The van der Waals surface area contributed by atoms with Crippen LogP contribution in [0.3, 0.4) is 0 Å². The number of carbonyl (C=O) groups excluding carboxylic acids is 4. The fourth-order valence-corrected chi connectivity index (χ4v) is 19.5. The Balaban J connectivity index is 1.07. The zero-order chi connectivity index (χ0) is 106. The SMILES string of the molecule is CCCCCCCCCCCCC/C=C/[C@@H](O)[C@H](CO[C@@H]1OC(CO)[C@@H](O[C@@H]2OC(CO)[C@H](O[C@@H]3OC(CO)[C@H](O)[C@H](O[C@@H]4OC(CO)[C@H](O)[C@H](O[C@@H]5OC(CO)[C@@H](O[C@@H]6OC(CO)[C@H](O)[C@H](O)C6O)[C@H](O[C@H]6OC(C)[C@@H](O)C(O)[C@@H]6O)C5NC(C)=O)C4O)C3NC(C)=O)[C@H](O[C@]3(C(=O)O)CC(O)[C@@H](NC(C)=O)C([C@H](O)[C@H](O)CO)O3)C2O)[C@H](O)C1O)NC(=O)CCCCCCCCCCCCCCCCCCC. The van der Waals surface area contributed by atoms with E-state index in [-0.39, 0.29) is 6.42 Å². The van der Waals surface area contributed by atoms with Crippen molar-refractivity contribution in [3.8, 4) is 0 Å². The molecule has 8 fully saturated rings. The number of carboxylic acids is 1. The molecule has 8 aliphatic heterocycles. The lowest BCUT2D eigenvalue weighted by atomic mass is 9.88. The number of carbonyl (C=O) groups is 5. The third-order valence-electron chi connectivity index (χ3n) is 27.8. The highest BCUT2D eigenvalue weighted by atomic mass is 16.8. The molecule has 16 unspecified atom stereocenters. The molecule has 8 heterocycles. The van der Waals surface area contributed by atoms with E-state index in [2.05, 4.69) is 35.1 Å². The van der Waals surface area contributed by atoms with Crippen LogP contribution in [0.1, 0.15) is 241 Å². The number of aliphatic hydroxyl groups excluding tert-OH is 23. The van der Waals surface area contributed by atoms with Crippen molar-refractivity contribution in [1.29, 1.82) is 0 Å². The summed E-state index contributed by atoms with van der Waals surface area (Å²) in [5.74, 6) is -9.18. The molecule has 0 aromatic rings. The molecule has 0 aromatic heterocycles. The van der Waals surface area contributed by atoms with E-state index in [1.54, 1.807) is 6.08 Å². The molecule has 8 saturated heterocycles. The molecule has 0 aliphatic carbocycles. The van der Waals surface area contributed by atoms with E-state index in [9.17, 15) is 147 Å². The number of aliphatic hydroxyl groups is 23. The van der Waals surface area contributed by atoms with Crippen LogP contribution in [0, 0.1) is 0 Å². The first kappa shape index (κ1) is 125. The van der Waals surface area contributed by atoms with E-state index >= 15 is 0 Å². The number of carboxylic acid groups (broad SMARTS) is 1. The number of unbranched alkanes of at least 4 members (excludes halogenated alkanes) is 27. The van der Waals surface area contributed by atoms with Gasteiger partial charge in [0.15, 0.2) is 44.0 Å². The van der Waals surface area contributed by atoms with Crippen molar-refractivity contribution in [1.82, 2.24) is 21.3 Å². The molecule has 49 heteroatoms. The van der Waals surface area contributed by atoms with Gasteiger partial charge in [-0.3, -0.25) is 19.2 Å². The van der Waals surface area contributed by atoms with Gasteiger partial charge >= 0.3 is 5.97 Å². The highest BCUT2D eigenvalue weighted by molar-refractivity contribution is 5.77. The van der Waals surface area contributed by atoms with Crippen molar-refractivity contribution in [3.05, 3.63) is 12.2 Å². The minimum atomic E-state index is -3.52. The summed E-state index contributed by atoms with van der Waals surface area (Å²) in [6.07, 6.45) is -47.2. The van der Waals surface area contributed by atoms with Gasteiger partial charge in [0.25, 0.3) is 5.79 Å². The van der Waals surface area contributed by atoms with Crippen molar-refractivity contribution in [3.63, 3.8) is 0 Å². The molecule has 0 saturated carbocycles. The Morgan fingerprint density at radius 2 is 0.736 bits per heavy atom. The molecule has 0 radical (unpaired) electrons. The highest BCUT2D eigenvalue weighted by Crippen LogP contribution is 2.44. The number of ether oxygens (including phenoxy) is 16. The van der Waals surface area contributed by atoms with Gasteiger partial charge in [0.2, 0.25) is 23.6 Å². The first-order chi connectivity index (χ1) is 68.8. The van der Waals surface area contributed by atoms with Crippen molar-refractivity contribution in [2.75, 3.05) is 52.9 Å². The van der Waals surface area contributed by atoms with Crippen LogP contribution in [-0.2, 0) is 99.8 Å². The Bertz CT molecular complexity index is 3660. The molecule has 28 N–H and O–H groups in total. The molecule has 144 heavy (non-hydrogen) atoms. The molecule has 0 bridgehead atoms. The van der Waals surface area contributed by atoms with Gasteiger partial charge in [-0.2, -0.15) is 0 Å². The fraction of sp³-hybridized carbons (Fsp3) is 0.926. The average Bonchev–Trinajstić information content (AvgIpc) is 0.747. The summed E-state index contributed by atoms with van der Waals surface area (Å²) in [5, 5.41) is 284. The summed E-state index contributed by atoms with van der Waals surface area (Å²) >= 11 is 0. The van der Waals surface area contributed by atoms with E-state index in [1.165, 1.54) is 122 Å². The lowest BCUT2D eigenvalue weighted by molar-refractivity contribution is -0.405. The number of rotatable bonds is 63. The smallest absolute Gasteiger partial charge is 0.364 e. The Kier molecular flexibility index (Phi) is 54.8. The second kappa shape index (κ2) is 63.3. The number of allylic oxidation sites excluding steroid dienone is 1. The Morgan fingerprint density at radius 1 is 0.375 bits per heavy atom. The van der Waals surface area contributed by atoms with Crippen LogP contribution in [-0.4, -0.2) is 468 Å². The second-order valence-corrected chi connectivity index (χ2v) is 39.1. The van der Waals surface area contributed by atoms with Crippen molar-refractivity contribution in [2.45, 2.75) is 504 Å². The van der Waals surface area contributed by atoms with Gasteiger partial charge in [-0.15, -0.1) is 0 Å².